The maximum atomic E-state index is 12.8. The van der Waals surface area contributed by atoms with E-state index in [0.717, 1.165) is 23.3 Å². The number of ether oxygens (including phenoxy) is 1. The predicted molar refractivity (Wildman–Crippen MR) is 75.0 cm³/mol. The molecule has 0 saturated carbocycles. The number of halogens is 1. The van der Waals surface area contributed by atoms with Crippen molar-refractivity contribution in [3.05, 3.63) is 59.4 Å². The Hall–Kier alpha value is -1.87. The Balaban J connectivity index is 2.21. The van der Waals surface area contributed by atoms with E-state index >= 15 is 0 Å². The molecule has 0 aliphatic heterocycles. The third kappa shape index (κ3) is 3.80. The van der Waals surface area contributed by atoms with Crippen LogP contribution in [0.25, 0.3) is 0 Å². The van der Waals surface area contributed by atoms with Gasteiger partial charge in [-0.2, -0.15) is 0 Å². The first kappa shape index (κ1) is 13.6. The fraction of sp³-hybridized carbons (Fsp3) is 0.250. The summed E-state index contributed by atoms with van der Waals surface area (Å²) in [6, 6.07) is 12.2. The summed E-state index contributed by atoms with van der Waals surface area (Å²) in [4.78, 5) is 0. The molecule has 2 nitrogen and oxygen atoms in total. The van der Waals surface area contributed by atoms with Gasteiger partial charge in [-0.3, -0.25) is 0 Å². The normalized spacial score (nSPS) is 12.2. The van der Waals surface area contributed by atoms with Gasteiger partial charge in [0.1, 0.15) is 17.3 Å². The summed E-state index contributed by atoms with van der Waals surface area (Å²) >= 11 is 0. The molecule has 2 N–H and O–H groups in total. The van der Waals surface area contributed by atoms with Gasteiger partial charge >= 0.3 is 0 Å². The highest BCUT2D eigenvalue weighted by atomic mass is 19.1. The molecule has 2 aromatic rings. The van der Waals surface area contributed by atoms with Crippen LogP contribution in [0.15, 0.2) is 42.5 Å². The summed E-state index contributed by atoms with van der Waals surface area (Å²) in [5.74, 6) is 1.14. The highest BCUT2D eigenvalue weighted by molar-refractivity contribution is 5.40. The number of rotatable bonds is 4. The van der Waals surface area contributed by atoms with Crippen molar-refractivity contribution in [2.75, 3.05) is 0 Å². The van der Waals surface area contributed by atoms with E-state index in [2.05, 4.69) is 6.07 Å². The van der Waals surface area contributed by atoms with Gasteiger partial charge in [0.05, 0.1) is 0 Å². The van der Waals surface area contributed by atoms with Crippen LogP contribution in [-0.2, 0) is 6.42 Å². The van der Waals surface area contributed by atoms with Gasteiger partial charge in [0.15, 0.2) is 0 Å². The second-order valence-corrected chi connectivity index (χ2v) is 4.84. The first-order valence-corrected chi connectivity index (χ1v) is 6.33. The summed E-state index contributed by atoms with van der Waals surface area (Å²) in [5.41, 5.74) is 7.98. The topological polar surface area (TPSA) is 35.2 Å². The molecule has 0 heterocycles. The molecule has 2 aromatic carbocycles. The minimum atomic E-state index is -0.269. The first-order valence-electron chi connectivity index (χ1n) is 6.33. The second kappa shape index (κ2) is 5.85. The zero-order chi connectivity index (χ0) is 13.8. The lowest BCUT2D eigenvalue weighted by Gasteiger charge is -2.12. The van der Waals surface area contributed by atoms with E-state index in [0.29, 0.717) is 5.75 Å². The van der Waals surface area contributed by atoms with E-state index in [-0.39, 0.29) is 11.9 Å². The van der Waals surface area contributed by atoms with Crippen molar-refractivity contribution in [1.29, 1.82) is 0 Å². The molecule has 0 radical (unpaired) electrons. The number of hydrogen-bond acceptors (Lipinski definition) is 2. The average molecular weight is 259 g/mol. The fourth-order valence-corrected chi connectivity index (χ4v) is 1.88. The highest BCUT2D eigenvalue weighted by Crippen LogP contribution is 2.26. The van der Waals surface area contributed by atoms with Crippen molar-refractivity contribution < 1.29 is 9.13 Å². The Morgan fingerprint density at radius 1 is 1.16 bits per heavy atom. The number of hydrogen-bond donors (Lipinski definition) is 1. The highest BCUT2D eigenvalue weighted by Gasteiger charge is 2.05. The van der Waals surface area contributed by atoms with Crippen LogP contribution in [0.1, 0.15) is 18.1 Å². The van der Waals surface area contributed by atoms with Gasteiger partial charge in [-0.1, -0.05) is 12.1 Å². The number of aryl methyl sites for hydroxylation is 1. The predicted octanol–water partition coefficient (Wildman–Crippen LogP) is 3.82. The molecule has 3 heteroatoms. The van der Waals surface area contributed by atoms with Crippen LogP contribution in [0.3, 0.4) is 0 Å². The molecule has 19 heavy (non-hydrogen) atoms. The molecular weight excluding hydrogens is 241 g/mol. The molecule has 2 rings (SSSR count). The van der Waals surface area contributed by atoms with Gasteiger partial charge in [-0.15, -0.1) is 0 Å². The quantitative estimate of drug-likeness (QED) is 0.906. The summed E-state index contributed by atoms with van der Waals surface area (Å²) in [5, 5.41) is 0. The average Bonchev–Trinajstić information content (AvgIpc) is 2.35. The zero-order valence-corrected chi connectivity index (χ0v) is 11.2. The Kier molecular flexibility index (Phi) is 4.17. The minimum Gasteiger partial charge on any atom is -0.457 e. The molecular formula is C16H18FNO. The molecule has 100 valence electrons. The van der Waals surface area contributed by atoms with Gasteiger partial charge < -0.3 is 10.5 Å². The van der Waals surface area contributed by atoms with Gasteiger partial charge in [0.2, 0.25) is 0 Å². The largest absolute Gasteiger partial charge is 0.457 e. The molecule has 0 aromatic heterocycles. The zero-order valence-electron chi connectivity index (χ0n) is 11.2. The van der Waals surface area contributed by atoms with Crippen molar-refractivity contribution in [2.24, 2.45) is 5.73 Å². The molecule has 0 spiro atoms. The van der Waals surface area contributed by atoms with Crippen LogP contribution in [0.5, 0.6) is 11.5 Å². The second-order valence-electron chi connectivity index (χ2n) is 4.84. The molecule has 0 aliphatic rings. The Labute approximate surface area is 113 Å². The molecule has 0 saturated heterocycles. The van der Waals surface area contributed by atoms with E-state index in [9.17, 15) is 4.39 Å². The van der Waals surface area contributed by atoms with Crippen molar-refractivity contribution >= 4 is 0 Å². The van der Waals surface area contributed by atoms with Crippen molar-refractivity contribution in [1.82, 2.24) is 0 Å². The maximum absolute atomic E-state index is 12.8. The van der Waals surface area contributed by atoms with Crippen LogP contribution in [-0.4, -0.2) is 6.04 Å². The van der Waals surface area contributed by atoms with Gasteiger partial charge in [0, 0.05) is 6.04 Å². The van der Waals surface area contributed by atoms with Crippen LogP contribution >= 0.6 is 0 Å². The van der Waals surface area contributed by atoms with E-state index in [1.165, 1.54) is 12.1 Å². The van der Waals surface area contributed by atoms with Crippen molar-refractivity contribution in [3.8, 4) is 11.5 Å². The third-order valence-corrected chi connectivity index (χ3v) is 2.85. The lowest BCUT2D eigenvalue weighted by Crippen LogP contribution is -2.17. The molecule has 0 fully saturated rings. The Morgan fingerprint density at radius 2 is 1.84 bits per heavy atom. The minimum absolute atomic E-state index is 0.112. The molecule has 0 bridgehead atoms. The SMILES string of the molecule is Cc1ccc(CC(C)N)cc1Oc1ccc(F)cc1. The molecule has 0 amide bonds. The summed E-state index contributed by atoms with van der Waals surface area (Å²) in [6.07, 6.45) is 0.806. The lowest BCUT2D eigenvalue weighted by molar-refractivity contribution is 0.476. The standard InChI is InChI=1S/C16H18FNO/c1-11-3-4-13(9-12(2)18)10-16(11)19-15-7-5-14(17)6-8-15/h3-8,10,12H,9,18H2,1-2H3. The van der Waals surface area contributed by atoms with E-state index in [1.807, 2.05) is 26.0 Å². The first-order chi connectivity index (χ1) is 9.04. The number of nitrogens with two attached hydrogens (primary N) is 1. The maximum Gasteiger partial charge on any atom is 0.130 e. The summed E-state index contributed by atoms with van der Waals surface area (Å²) in [6.45, 7) is 3.95. The van der Waals surface area contributed by atoms with Crippen molar-refractivity contribution in [2.45, 2.75) is 26.3 Å². The number of benzene rings is 2. The molecule has 0 aliphatic carbocycles. The lowest BCUT2D eigenvalue weighted by atomic mass is 10.1. The molecule has 1 unspecified atom stereocenters. The van der Waals surface area contributed by atoms with Gasteiger partial charge in [0.25, 0.3) is 0 Å². The Morgan fingerprint density at radius 3 is 2.47 bits per heavy atom. The smallest absolute Gasteiger partial charge is 0.130 e. The van der Waals surface area contributed by atoms with E-state index in [4.69, 9.17) is 10.5 Å². The van der Waals surface area contributed by atoms with Gasteiger partial charge in [-0.05, 0) is 61.7 Å². The third-order valence-electron chi connectivity index (χ3n) is 2.85. The Bertz CT molecular complexity index is 549. The summed E-state index contributed by atoms with van der Waals surface area (Å²) < 4.78 is 18.6. The van der Waals surface area contributed by atoms with Crippen molar-refractivity contribution in [3.63, 3.8) is 0 Å². The van der Waals surface area contributed by atoms with Crippen LogP contribution in [0.2, 0.25) is 0 Å². The van der Waals surface area contributed by atoms with Crippen LogP contribution < -0.4 is 10.5 Å². The van der Waals surface area contributed by atoms with E-state index in [1.54, 1.807) is 12.1 Å². The van der Waals surface area contributed by atoms with Crippen LogP contribution in [0, 0.1) is 12.7 Å². The monoisotopic (exact) mass is 259 g/mol. The fourth-order valence-electron chi connectivity index (χ4n) is 1.88. The summed E-state index contributed by atoms with van der Waals surface area (Å²) in [7, 11) is 0. The van der Waals surface area contributed by atoms with E-state index < -0.39 is 0 Å². The van der Waals surface area contributed by atoms with Crippen LogP contribution in [0.4, 0.5) is 4.39 Å². The molecule has 1 atom stereocenters. The van der Waals surface area contributed by atoms with Gasteiger partial charge in [-0.25, -0.2) is 4.39 Å².